The average Bonchev–Trinajstić information content (AvgIpc) is 2.36. The van der Waals surface area contributed by atoms with E-state index in [-0.39, 0.29) is 5.82 Å². The van der Waals surface area contributed by atoms with Crippen LogP contribution in [-0.4, -0.2) is 31.1 Å². The minimum Gasteiger partial charge on any atom is -0.313 e. The Hall–Kier alpha value is -0.450. The molecule has 0 radical (unpaired) electrons. The van der Waals surface area contributed by atoms with E-state index in [4.69, 9.17) is 0 Å². The van der Waals surface area contributed by atoms with E-state index >= 15 is 0 Å². The average molecular weight is 317 g/mol. The minimum absolute atomic E-state index is 0.202. The molecule has 1 aromatic rings. The molecule has 0 aliphatic rings. The van der Waals surface area contributed by atoms with Gasteiger partial charge in [-0.25, -0.2) is 4.39 Å². The summed E-state index contributed by atoms with van der Waals surface area (Å²) in [5, 5.41) is 3.39. The normalized spacial score (nSPS) is 11.2. The molecular formula is C14H22BrFN2. The van der Waals surface area contributed by atoms with E-state index in [1.54, 1.807) is 0 Å². The van der Waals surface area contributed by atoms with Crippen molar-refractivity contribution >= 4 is 15.9 Å². The van der Waals surface area contributed by atoms with Crippen molar-refractivity contribution < 1.29 is 4.39 Å². The van der Waals surface area contributed by atoms with Gasteiger partial charge in [-0.3, -0.25) is 0 Å². The van der Waals surface area contributed by atoms with Crippen LogP contribution in [-0.2, 0) is 6.54 Å². The van der Waals surface area contributed by atoms with Gasteiger partial charge in [0, 0.05) is 11.0 Å². The third-order valence-corrected chi connectivity index (χ3v) is 3.79. The standard InChI is InChI=1S/C14H22BrFN2/c1-3-18(4-2)9-5-8-17-11-12-6-7-13(16)10-14(12)15/h6-7,10,17H,3-5,8-9,11H2,1-2H3. The fraction of sp³-hybridized carbons (Fsp3) is 0.571. The van der Waals surface area contributed by atoms with Crippen LogP contribution < -0.4 is 5.32 Å². The van der Waals surface area contributed by atoms with Gasteiger partial charge < -0.3 is 10.2 Å². The molecule has 0 aliphatic heterocycles. The summed E-state index contributed by atoms with van der Waals surface area (Å²) in [5.74, 6) is -0.202. The number of benzene rings is 1. The lowest BCUT2D eigenvalue weighted by atomic mass is 10.2. The van der Waals surface area contributed by atoms with E-state index in [0.717, 1.165) is 49.2 Å². The van der Waals surface area contributed by atoms with Gasteiger partial charge >= 0.3 is 0 Å². The first-order chi connectivity index (χ1) is 8.67. The quantitative estimate of drug-likeness (QED) is 0.739. The summed E-state index contributed by atoms with van der Waals surface area (Å²) in [7, 11) is 0. The Morgan fingerprint density at radius 1 is 1.28 bits per heavy atom. The lowest BCUT2D eigenvalue weighted by Gasteiger charge is -2.17. The van der Waals surface area contributed by atoms with Crippen molar-refractivity contribution in [2.75, 3.05) is 26.2 Å². The summed E-state index contributed by atoms with van der Waals surface area (Å²) in [6, 6.07) is 4.82. The van der Waals surface area contributed by atoms with Crippen molar-refractivity contribution in [3.63, 3.8) is 0 Å². The van der Waals surface area contributed by atoms with E-state index < -0.39 is 0 Å². The zero-order valence-corrected chi connectivity index (χ0v) is 12.8. The van der Waals surface area contributed by atoms with Gasteiger partial charge in [0.2, 0.25) is 0 Å². The highest BCUT2D eigenvalue weighted by atomic mass is 79.9. The van der Waals surface area contributed by atoms with Gasteiger partial charge in [-0.15, -0.1) is 0 Å². The van der Waals surface area contributed by atoms with Crippen LogP contribution >= 0.6 is 15.9 Å². The zero-order chi connectivity index (χ0) is 13.4. The molecule has 0 heterocycles. The second-order valence-electron chi connectivity index (χ2n) is 4.29. The molecule has 0 spiro atoms. The van der Waals surface area contributed by atoms with Gasteiger partial charge in [0.05, 0.1) is 0 Å². The first-order valence-corrected chi connectivity index (χ1v) is 7.33. The predicted octanol–water partition coefficient (Wildman–Crippen LogP) is 3.41. The van der Waals surface area contributed by atoms with Gasteiger partial charge in [-0.05, 0) is 50.3 Å². The van der Waals surface area contributed by atoms with Crippen molar-refractivity contribution in [2.24, 2.45) is 0 Å². The summed E-state index contributed by atoms with van der Waals surface area (Å²) in [6.07, 6.45) is 1.14. The van der Waals surface area contributed by atoms with Crippen LogP contribution in [0.25, 0.3) is 0 Å². The van der Waals surface area contributed by atoms with Gasteiger partial charge in [-0.1, -0.05) is 35.8 Å². The topological polar surface area (TPSA) is 15.3 Å². The fourth-order valence-corrected chi connectivity index (χ4v) is 2.35. The molecule has 0 unspecified atom stereocenters. The summed E-state index contributed by atoms with van der Waals surface area (Å²) in [6.45, 7) is 9.49. The Morgan fingerprint density at radius 3 is 2.61 bits per heavy atom. The monoisotopic (exact) mass is 316 g/mol. The lowest BCUT2D eigenvalue weighted by Crippen LogP contribution is -2.27. The Morgan fingerprint density at radius 2 is 2.00 bits per heavy atom. The molecule has 1 rings (SSSR count). The highest BCUT2D eigenvalue weighted by molar-refractivity contribution is 9.10. The van der Waals surface area contributed by atoms with Crippen LogP contribution in [0.15, 0.2) is 22.7 Å². The number of hydrogen-bond donors (Lipinski definition) is 1. The molecule has 0 aromatic heterocycles. The maximum Gasteiger partial charge on any atom is 0.124 e. The molecule has 102 valence electrons. The smallest absolute Gasteiger partial charge is 0.124 e. The Kier molecular flexibility index (Phi) is 7.47. The van der Waals surface area contributed by atoms with Crippen LogP contribution in [0.3, 0.4) is 0 Å². The number of rotatable bonds is 8. The van der Waals surface area contributed by atoms with Gasteiger partial charge in [0.15, 0.2) is 0 Å². The van der Waals surface area contributed by atoms with Crippen molar-refractivity contribution in [2.45, 2.75) is 26.8 Å². The zero-order valence-electron chi connectivity index (χ0n) is 11.2. The first-order valence-electron chi connectivity index (χ1n) is 6.54. The summed E-state index contributed by atoms with van der Waals surface area (Å²) in [4.78, 5) is 2.41. The summed E-state index contributed by atoms with van der Waals surface area (Å²) in [5.41, 5.74) is 1.10. The Labute approximate surface area is 118 Å². The number of halogens is 2. The number of nitrogens with zero attached hydrogens (tertiary/aromatic N) is 1. The molecule has 0 atom stereocenters. The van der Waals surface area contributed by atoms with Crippen LogP contribution in [0, 0.1) is 5.82 Å². The molecule has 1 N–H and O–H groups in total. The van der Waals surface area contributed by atoms with E-state index in [0.29, 0.717) is 0 Å². The molecule has 0 bridgehead atoms. The number of nitrogens with one attached hydrogen (secondary N) is 1. The van der Waals surface area contributed by atoms with Gasteiger partial charge in [0.25, 0.3) is 0 Å². The highest BCUT2D eigenvalue weighted by Crippen LogP contribution is 2.17. The molecule has 2 nitrogen and oxygen atoms in total. The predicted molar refractivity (Wildman–Crippen MR) is 78.2 cm³/mol. The molecule has 0 amide bonds. The highest BCUT2D eigenvalue weighted by Gasteiger charge is 2.01. The molecule has 0 aliphatic carbocycles. The van der Waals surface area contributed by atoms with E-state index in [1.807, 2.05) is 6.07 Å². The molecule has 0 fully saturated rings. The summed E-state index contributed by atoms with van der Waals surface area (Å²) >= 11 is 3.37. The minimum atomic E-state index is -0.202. The largest absolute Gasteiger partial charge is 0.313 e. The number of hydrogen-bond acceptors (Lipinski definition) is 2. The third-order valence-electron chi connectivity index (χ3n) is 3.05. The van der Waals surface area contributed by atoms with Crippen molar-refractivity contribution in [3.8, 4) is 0 Å². The maximum absolute atomic E-state index is 12.9. The van der Waals surface area contributed by atoms with Gasteiger partial charge in [0.1, 0.15) is 5.82 Å². The first kappa shape index (κ1) is 15.6. The van der Waals surface area contributed by atoms with E-state index in [1.165, 1.54) is 12.1 Å². The van der Waals surface area contributed by atoms with E-state index in [2.05, 4.69) is 40.0 Å². The van der Waals surface area contributed by atoms with Crippen molar-refractivity contribution in [3.05, 3.63) is 34.1 Å². The summed E-state index contributed by atoms with van der Waals surface area (Å²) < 4.78 is 13.7. The fourth-order valence-electron chi connectivity index (χ4n) is 1.86. The van der Waals surface area contributed by atoms with Crippen LogP contribution in [0.5, 0.6) is 0 Å². The SMILES string of the molecule is CCN(CC)CCCNCc1ccc(F)cc1Br. The molecule has 1 aromatic carbocycles. The Balaban J connectivity index is 2.21. The van der Waals surface area contributed by atoms with Crippen LogP contribution in [0.4, 0.5) is 4.39 Å². The lowest BCUT2D eigenvalue weighted by molar-refractivity contribution is 0.298. The molecular weight excluding hydrogens is 295 g/mol. The molecule has 0 saturated carbocycles. The second-order valence-corrected chi connectivity index (χ2v) is 5.15. The molecule has 0 saturated heterocycles. The van der Waals surface area contributed by atoms with Crippen molar-refractivity contribution in [1.82, 2.24) is 10.2 Å². The second kappa shape index (κ2) is 8.62. The Bertz CT molecular complexity index is 354. The van der Waals surface area contributed by atoms with Crippen LogP contribution in [0.2, 0.25) is 0 Å². The van der Waals surface area contributed by atoms with E-state index in [9.17, 15) is 4.39 Å². The van der Waals surface area contributed by atoms with Crippen molar-refractivity contribution in [1.29, 1.82) is 0 Å². The molecule has 18 heavy (non-hydrogen) atoms. The van der Waals surface area contributed by atoms with Crippen LogP contribution in [0.1, 0.15) is 25.8 Å². The molecule has 4 heteroatoms. The third kappa shape index (κ3) is 5.46. The maximum atomic E-state index is 12.9. The van der Waals surface area contributed by atoms with Gasteiger partial charge in [-0.2, -0.15) is 0 Å².